The van der Waals surface area contributed by atoms with Crippen LogP contribution in [0.2, 0.25) is 0 Å². The maximum atomic E-state index is 14.4. The Balaban J connectivity index is 1.38. The number of amides is 1. The number of hydrogen-bond donors (Lipinski definition) is 0. The Morgan fingerprint density at radius 2 is 1.75 bits per heavy atom. The van der Waals surface area contributed by atoms with Crippen LogP contribution < -0.4 is 14.4 Å². The molecule has 6 nitrogen and oxygen atoms in total. The molecule has 146 valence electrons. The Hall–Kier alpha value is -3.09. The van der Waals surface area contributed by atoms with E-state index in [1.165, 1.54) is 13.0 Å². The summed E-state index contributed by atoms with van der Waals surface area (Å²) in [6.45, 7) is 3.53. The Bertz CT molecular complexity index is 909. The fraction of sp³-hybridized carbons (Fsp3) is 0.333. The second-order valence-electron chi connectivity index (χ2n) is 6.90. The molecule has 1 unspecified atom stereocenters. The molecule has 0 radical (unpaired) electrons. The summed E-state index contributed by atoms with van der Waals surface area (Å²) in [5.74, 6) is 0.492. The quantitative estimate of drug-likeness (QED) is 0.761. The van der Waals surface area contributed by atoms with Gasteiger partial charge in [0.15, 0.2) is 17.3 Å². The summed E-state index contributed by atoms with van der Waals surface area (Å²) in [6.07, 6.45) is -0.673. The fourth-order valence-corrected chi connectivity index (χ4v) is 3.49. The van der Waals surface area contributed by atoms with E-state index >= 15 is 0 Å². The molecule has 0 aromatic heterocycles. The number of piperazine rings is 1. The zero-order chi connectivity index (χ0) is 19.7. The van der Waals surface area contributed by atoms with Gasteiger partial charge >= 0.3 is 0 Å². The molecule has 1 amide bonds. The molecule has 0 spiro atoms. The minimum absolute atomic E-state index is 0.124. The lowest BCUT2D eigenvalue weighted by atomic mass is 10.1. The van der Waals surface area contributed by atoms with E-state index < -0.39 is 11.9 Å². The number of rotatable bonds is 3. The molecule has 4 rings (SSSR count). The van der Waals surface area contributed by atoms with Crippen LogP contribution in [0.3, 0.4) is 0 Å². The van der Waals surface area contributed by atoms with Crippen molar-refractivity contribution in [2.24, 2.45) is 0 Å². The highest BCUT2D eigenvalue weighted by molar-refractivity contribution is 5.94. The average molecular weight is 384 g/mol. The van der Waals surface area contributed by atoms with Crippen molar-refractivity contribution in [3.05, 3.63) is 53.8 Å². The van der Waals surface area contributed by atoms with Gasteiger partial charge in [0.1, 0.15) is 12.4 Å². The number of Topliss-reactive ketones (excluding diaryl/α,β-unsaturated/α-hetero) is 1. The van der Waals surface area contributed by atoms with E-state index in [9.17, 15) is 14.0 Å². The van der Waals surface area contributed by atoms with Crippen molar-refractivity contribution >= 4 is 17.4 Å². The summed E-state index contributed by atoms with van der Waals surface area (Å²) >= 11 is 0. The average Bonchev–Trinajstić information content (AvgIpc) is 2.73. The number of carbonyl (C=O) groups excluding carboxylic acids is 2. The van der Waals surface area contributed by atoms with Gasteiger partial charge in [-0.2, -0.15) is 0 Å². The van der Waals surface area contributed by atoms with E-state index in [4.69, 9.17) is 9.47 Å². The molecule has 1 saturated heterocycles. The van der Waals surface area contributed by atoms with E-state index in [1.54, 1.807) is 29.2 Å². The number of nitrogens with zero attached hydrogens (tertiary/aromatic N) is 2. The van der Waals surface area contributed by atoms with Crippen LogP contribution in [0.1, 0.15) is 17.3 Å². The minimum atomic E-state index is -0.673. The standard InChI is InChI=1S/C21H21FN2O4/c1-14(25)15-6-7-17(16(22)12-15)23-8-10-24(11-9-23)21(26)20-13-27-18-4-2-3-5-19(18)28-20/h2-7,12,20H,8-11,13H2,1H3. The highest BCUT2D eigenvalue weighted by atomic mass is 19.1. The first-order valence-electron chi connectivity index (χ1n) is 9.25. The van der Waals surface area contributed by atoms with E-state index in [2.05, 4.69) is 0 Å². The van der Waals surface area contributed by atoms with Gasteiger partial charge < -0.3 is 19.3 Å². The van der Waals surface area contributed by atoms with Gasteiger partial charge in [-0.05, 0) is 37.3 Å². The van der Waals surface area contributed by atoms with E-state index in [0.717, 1.165) is 0 Å². The Labute approximate surface area is 162 Å². The number of anilines is 1. The van der Waals surface area contributed by atoms with Gasteiger partial charge in [0.25, 0.3) is 5.91 Å². The highest BCUT2D eigenvalue weighted by Crippen LogP contribution is 2.31. The van der Waals surface area contributed by atoms with E-state index in [0.29, 0.717) is 48.9 Å². The van der Waals surface area contributed by atoms with Crippen LogP contribution in [-0.4, -0.2) is 55.5 Å². The van der Waals surface area contributed by atoms with Gasteiger partial charge in [-0.25, -0.2) is 4.39 Å². The van der Waals surface area contributed by atoms with Crippen molar-refractivity contribution < 1.29 is 23.5 Å². The first kappa shape index (κ1) is 18.3. The van der Waals surface area contributed by atoms with Crippen molar-refractivity contribution in [1.29, 1.82) is 0 Å². The number of hydrogen-bond acceptors (Lipinski definition) is 5. The molecule has 28 heavy (non-hydrogen) atoms. The first-order chi connectivity index (χ1) is 13.5. The third kappa shape index (κ3) is 3.52. The lowest BCUT2D eigenvalue weighted by molar-refractivity contribution is -0.141. The fourth-order valence-electron chi connectivity index (χ4n) is 3.49. The molecule has 0 N–H and O–H groups in total. The lowest BCUT2D eigenvalue weighted by Gasteiger charge is -2.38. The smallest absolute Gasteiger partial charge is 0.267 e. The van der Waals surface area contributed by atoms with Crippen molar-refractivity contribution in [3.63, 3.8) is 0 Å². The second kappa shape index (κ2) is 7.50. The number of fused-ring (bicyclic) bond motifs is 1. The summed E-state index contributed by atoms with van der Waals surface area (Å²) in [7, 11) is 0. The molecule has 2 aliphatic rings. The van der Waals surface area contributed by atoms with Crippen LogP contribution >= 0.6 is 0 Å². The normalized spacial score (nSPS) is 18.7. The molecular weight excluding hydrogens is 363 g/mol. The van der Waals surface area contributed by atoms with Gasteiger partial charge in [-0.15, -0.1) is 0 Å². The summed E-state index contributed by atoms with van der Waals surface area (Å²) < 4.78 is 25.8. The van der Waals surface area contributed by atoms with E-state index in [-0.39, 0.29) is 18.3 Å². The number of ketones is 1. The predicted molar refractivity (Wildman–Crippen MR) is 102 cm³/mol. The molecule has 7 heteroatoms. The molecule has 0 aliphatic carbocycles. The summed E-state index contributed by atoms with van der Waals surface area (Å²) in [5, 5.41) is 0. The Morgan fingerprint density at radius 3 is 2.43 bits per heavy atom. The van der Waals surface area contributed by atoms with Gasteiger partial charge in [0.05, 0.1) is 5.69 Å². The largest absolute Gasteiger partial charge is 0.485 e. The SMILES string of the molecule is CC(=O)c1ccc(N2CCN(C(=O)C3COc4ccccc4O3)CC2)c(F)c1. The zero-order valence-electron chi connectivity index (χ0n) is 15.6. The molecule has 0 saturated carbocycles. The third-order valence-electron chi connectivity index (χ3n) is 5.07. The first-order valence-corrected chi connectivity index (χ1v) is 9.25. The third-order valence-corrected chi connectivity index (χ3v) is 5.07. The van der Waals surface area contributed by atoms with Gasteiger partial charge in [-0.3, -0.25) is 9.59 Å². The van der Waals surface area contributed by atoms with Crippen molar-refractivity contribution in [2.75, 3.05) is 37.7 Å². The molecule has 2 heterocycles. The molecule has 2 aromatic rings. The van der Waals surface area contributed by atoms with Crippen LogP contribution in [0.5, 0.6) is 11.5 Å². The monoisotopic (exact) mass is 384 g/mol. The van der Waals surface area contributed by atoms with Crippen molar-refractivity contribution in [1.82, 2.24) is 4.90 Å². The zero-order valence-corrected chi connectivity index (χ0v) is 15.6. The van der Waals surface area contributed by atoms with Crippen LogP contribution in [0, 0.1) is 5.82 Å². The lowest BCUT2D eigenvalue weighted by Crippen LogP contribution is -2.54. The van der Waals surface area contributed by atoms with Crippen LogP contribution in [0.25, 0.3) is 0 Å². The maximum Gasteiger partial charge on any atom is 0.267 e. The minimum Gasteiger partial charge on any atom is -0.485 e. The van der Waals surface area contributed by atoms with E-state index in [1.807, 2.05) is 17.0 Å². The maximum absolute atomic E-state index is 14.4. The molecular formula is C21H21FN2O4. The molecule has 0 bridgehead atoms. The van der Waals surface area contributed by atoms with Crippen LogP contribution in [0.15, 0.2) is 42.5 Å². The summed E-state index contributed by atoms with van der Waals surface area (Å²) in [5.41, 5.74) is 0.799. The van der Waals surface area contributed by atoms with Gasteiger partial charge in [0, 0.05) is 31.7 Å². The number of halogens is 1. The summed E-state index contributed by atoms with van der Waals surface area (Å²) in [4.78, 5) is 27.8. The number of para-hydroxylation sites is 2. The topological polar surface area (TPSA) is 59.1 Å². The molecule has 2 aliphatic heterocycles. The van der Waals surface area contributed by atoms with Crippen molar-refractivity contribution in [2.45, 2.75) is 13.0 Å². The Morgan fingerprint density at radius 1 is 1.04 bits per heavy atom. The van der Waals surface area contributed by atoms with Gasteiger partial charge in [-0.1, -0.05) is 12.1 Å². The van der Waals surface area contributed by atoms with Gasteiger partial charge in [0.2, 0.25) is 6.10 Å². The second-order valence-corrected chi connectivity index (χ2v) is 6.90. The molecule has 1 atom stereocenters. The summed E-state index contributed by atoms with van der Waals surface area (Å²) in [6, 6.07) is 11.8. The molecule has 1 fully saturated rings. The predicted octanol–water partition coefficient (Wildman–Crippen LogP) is 2.52. The Kier molecular flexibility index (Phi) is 4.90. The highest BCUT2D eigenvalue weighted by Gasteiger charge is 2.33. The van der Waals surface area contributed by atoms with Crippen LogP contribution in [-0.2, 0) is 4.79 Å². The number of benzene rings is 2. The number of ether oxygens (including phenoxy) is 2. The van der Waals surface area contributed by atoms with Crippen LogP contribution in [0.4, 0.5) is 10.1 Å². The molecule has 2 aromatic carbocycles. The number of carbonyl (C=O) groups is 2. The van der Waals surface area contributed by atoms with Crippen molar-refractivity contribution in [3.8, 4) is 11.5 Å².